The molecule has 1 aliphatic heterocycles. The first kappa shape index (κ1) is 18.8. The van der Waals surface area contributed by atoms with Gasteiger partial charge in [0.05, 0.1) is 27.4 Å². The van der Waals surface area contributed by atoms with Crippen LogP contribution in [0.3, 0.4) is 0 Å². The number of rotatable bonds is 6. The summed E-state index contributed by atoms with van der Waals surface area (Å²) in [6.45, 7) is 0.831. The Morgan fingerprint density at radius 1 is 1.15 bits per heavy atom. The van der Waals surface area contributed by atoms with Crippen LogP contribution in [0.5, 0.6) is 17.2 Å². The van der Waals surface area contributed by atoms with Crippen LogP contribution in [0.4, 0.5) is 4.79 Å². The van der Waals surface area contributed by atoms with E-state index in [2.05, 4.69) is 10.6 Å². The number of carbonyl (C=O) groups is 1. The highest BCUT2D eigenvalue weighted by atomic mass is 16.5. The standard InChI is InChI=1S/C20H24N2O5/c1-25-17-8-7-14(11-18(17)26-2)12-21-19(23)22-13-20(24)9-10-27-16-6-4-3-5-15(16)20/h3-8,11,24H,9-10,12-13H2,1-2H3,(H2,21,22,23)/t20-/m1/s1. The number of amides is 2. The Kier molecular flexibility index (Phi) is 5.71. The maximum Gasteiger partial charge on any atom is 0.315 e. The summed E-state index contributed by atoms with van der Waals surface area (Å²) in [7, 11) is 3.14. The van der Waals surface area contributed by atoms with Crippen LogP contribution in [0.2, 0.25) is 0 Å². The number of hydrogen-bond donors (Lipinski definition) is 3. The van der Waals surface area contributed by atoms with Crippen LogP contribution in [0.25, 0.3) is 0 Å². The van der Waals surface area contributed by atoms with E-state index >= 15 is 0 Å². The summed E-state index contributed by atoms with van der Waals surface area (Å²) in [6, 6.07) is 12.4. The Hall–Kier alpha value is -2.93. The Morgan fingerprint density at radius 3 is 2.70 bits per heavy atom. The molecule has 1 aliphatic rings. The third-order valence-corrected chi connectivity index (χ3v) is 4.60. The highest BCUT2D eigenvalue weighted by Crippen LogP contribution is 2.36. The van der Waals surface area contributed by atoms with Crippen molar-refractivity contribution in [3.8, 4) is 17.2 Å². The Morgan fingerprint density at radius 2 is 1.93 bits per heavy atom. The van der Waals surface area contributed by atoms with E-state index in [9.17, 15) is 9.90 Å². The molecule has 1 heterocycles. The summed E-state index contributed by atoms with van der Waals surface area (Å²) in [5, 5.41) is 16.5. The van der Waals surface area contributed by atoms with Gasteiger partial charge < -0.3 is 30.0 Å². The molecule has 0 unspecified atom stereocenters. The van der Waals surface area contributed by atoms with E-state index in [-0.39, 0.29) is 12.6 Å². The maximum atomic E-state index is 12.2. The molecular weight excluding hydrogens is 348 g/mol. The van der Waals surface area contributed by atoms with Gasteiger partial charge in [0.2, 0.25) is 0 Å². The number of benzene rings is 2. The van der Waals surface area contributed by atoms with E-state index in [1.54, 1.807) is 26.4 Å². The summed E-state index contributed by atoms with van der Waals surface area (Å²) in [6.07, 6.45) is 0.417. The minimum Gasteiger partial charge on any atom is -0.493 e. The number of nitrogens with one attached hydrogen (secondary N) is 2. The molecule has 0 bridgehead atoms. The van der Waals surface area contributed by atoms with Crippen molar-refractivity contribution in [2.45, 2.75) is 18.6 Å². The van der Waals surface area contributed by atoms with E-state index in [1.165, 1.54) is 0 Å². The second-order valence-electron chi connectivity index (χ2n) is 6.35. The molecule has 2 aromatic rings. The lowest BCUT2D eigenvalue weighted by Gasteiger charge is -2.34. The maximum absolute atomic E-state index is 12.2. The minimum absolute atomic E-state index is 0.102. The number of methoxy groups -OCH3 is 2. The van der Waals surface area contributed by atoms with E-state index in [0.29, 0.717) is 42.4 Å². The fourth-order valence-corrected chi connectivity index (χ4v) is 3.09. The smallest absolute Gasteiger partial charge is 0.315 e. The minimum atomic E-state index is -1.14. The first-order chi connectivity index (χ1) is 13.1. The predicted octanol–water partition coefficient (Wildman–Crippen LogP) is 2.17. The quantitative estimate of drug-likeness (QED) is 0.723. The van der Waals surface area contributed by atoms with Crippen molar-refractivity contribution in [3.63, 3.8) is 0 Å². The zero-order valence-corrected chi connectivity index (χ0v) is 15.5. The lowest BCUT2D eigenvalue weighted by Crippen LogP contribution is -2.46. The molecule has 0 saturated heterocycles. The summed E-state index contributed by atoms with van der Waals surface area (Å²) in [5.41, 5.74) is 0.421. The number of urea groups is 1. The van der Waals surface area contributed by atoms with Gasteiger partial charge in [-0.2, -0.15) is 0 Å². The van der Waals surface area contributed by atoms with Gasteiger partial charge in [0.25, 0.3) is 0 Å². The molecule has 0 spiro atoms. The molecule has 0 saturated carbocycles. The largest absolute Gasteiger partial charge is 0.493 e. The average Bonchev–Trinajstić information content (AvgIpc) is 2.71. The van der Waals surface area contributed by atoms with Gasteiger partial charge in [-0.1, -0.05) is 24.3 Å². The second-order valence-corrected chi connectivity index (χ2v) is 6.35. The summed E-state index contributed by atoms with van der Waals surface area (Å²) < 4.78 is 16.0. The molecule has 0 fully saturated rings. The Labute approximate surface area is 158 Å². The fourth-order valence-electron chi connectivity index (χ4n) is 3.09. The number of para-hydroxylation sites is 1. The summed E-state index contributed by atoms with van der Waals surface area (Å²) >= 11 is 0. The van der Waals surface area contributed by atoms with Gasteiger partial charge in [-0.05, 0) is 23.8 Å². The van der Waals surface area contributed by atoms with Gasteiger partial charge in [0.15, 0.2) is 11.5 Å². The Bertz CT molecular complexity index is 811. The van der Waals surface area contributed by atoms with Crippen LogP contribution in [0.1, 0.15) is 17.5 Å². The molecule has 27 heavy (non-hydrogen) atoms. The summed E-state index contributed by atoms with van der Waals surface area (Å²) in [4.78, 5) is 12.2. The first-order valence-corrected chi connectivity index (χ1v) is 8.73. The molecule has 144 valence electrons. The van der Waals surface area contributed by atoms with E-state index in [0.717, 1.165) is 5.56 Å². The number of fused-ring (bicyclic) bond motifs is 1. The highest BCUT2D eigenvalue weighted by molar-refractivity contribution is 5.74. The third-order valence-electron chi connectivity index (χ3n) is 4.60. The topological polar surface area (TPSA) is 89.1 Å². The molecule has 0 aliphatic carbocycles. The van der Waals surface area contributed by atoms with Crippen LogP contribution >= 0.6 is 0 Å². The molecule has 0 radical (unpaired) electrons. The van der Waals surface area contributed by atoms with Crippen molar-refractivity contribution < 1.29 is 24.1 Å². The van der Waals surface area contributed by atoms with Crippen molar-refractivity contribution >= 4 is 6.03 Å². The number of ether oxygens (including phenoxy) is 3. The molecule has 0 aromatic heterocycles. The van der Waals surface area contributed by atoms with Crippen LogP contribution in [-0.2, 0) is 12.1 Å². The fraction of sp³-hybridized carbons (Fsp3) is 0.350. The molecular formula is C20H24N2O5. The molecule has 7 heteroatoms. The first-order valence-electron chi connectivity index (χ1n) is 8.73. The normalized spacial score (nSPS) is 18.0. The SMILES string of the molecule is COc1ccc(CNC(=O)NC[C@]2(O)CCOc3ccccc32)cc1OC. The average molecular weight is 372 g/mol. The van der Waals surface area contributed by atoms with E-state index < -0.39 is 5.60 Å². The van der Waals surface area contributed by atoms with Gasteiger partial charge >= 0.3 is 6.03 Å². The molecule has 7 nitrogen and oxygen atoms in total. The van der Waals surface area contributed by atoms with E-state index in [4.69, 9.17) is 14.2 Å². The van der Waals surface area contributed by atoms with Gasteiger partial charge in [0, 0.05) is 18.5 Å². The van der Waals surface area contributed by atoms with Crippen molar-refractivity contribution in [1.29, 1.82) is 0 Å². The lowest BCUT2D eigenvalue weighted by molar-refractivity contribution is 0.0000628. The van der Waals surface area contributed by atoms with Gasteiger partial charge in [-0.15, -0.1) is 0 Å². The van der Waals surface area contributed by atoms with Crippen LogP contribution in [-0.4, -0.2) is 38.5 Å². The van der Waals surface area contributed by atoms with Gasteiger partial charge in [-0.3, -0.25) is 0 Å². The van der Waals surface area contributed by atoms with Crippen molar-refractivity contribution in [2.75, 3.05) is 27.4 Å². The summed E-state index contributed by atoms with van der Waals surface area (Å²) in [5.74, 6) is 1.88. The zero-order valence-electron chi connectivity index (χ0n) is 15.5. The van der Waals surface area contributed by atoms with Crippen LogP contribution < -0.4 is 24.8 Å². The third kappa shape index (κ3) is 4.25. The molecule has 3 N–H and O–H groups in total. The van der Waals surface area contributed by atoms with Crippen molar-refractivity contribution in [1.82, 2.24) is 10.6 Å². The van der Waals surface area contributed by atoms with Crippen LogP contribution in [0.15, 0.2) is 42.5 Å². The number of carbonyl (C=O) groups excluding carboxylic acids is 1. The molecule has 2 amide bonds. The Balaban J connectivity index is 1.56. The monoisotopic (exact) mass is 372 g/mol. The predicted molar refractivity (Wildman–Crippen MR) is 100 cm³/mol. The van der Waals surface area contributed by atoms with Crippen molar-refractivity contribution in [3.05, 3.63) is 53.6 Å². The molecule has 3 rings (SSSR count). The van der Waals surface area contributed by atoms with E-state index in [1.807, 2.05) is 30.3 Å². The molecule has 2 aromatic carbocycles. The molecule has 1 atom stereocenters. The number of aliphatic hydroxyl groups is 1. The second kappa shape index (κ2) is 8.18. The lowest BCUT2D eigenvalue weighted by atomic mass is 9.88. The van der Waals surface area contributed by atoms with Crippen LogP contribution in [0, 0.1) is 0 Å². The van der Waals surface area contributed by atoms with Crippen molar-refractivity contribution in [2.24, 2.45) is 0 Å². The highest BCUT2D eigenvalue weighted by Gasteiger charge is 2.35. The number of hydrogen-bond acceptors (Lipinski definition) is 5. The van der Waals surface area contributed by atoms with Gasteiger partial charge in [-0.25, -0.2) is 4.79 Å². The zero-order chi connectivity index (χ0) is 19.3. The van der Waals surface area contributed by atoms with Gasteiger partial charge in [0.1, 0.15) is 11.4 Å².